The van der Waals surface area contributed by atoms with Gasteiger partial charge in [-0.15, -0.1) is 0 Å². The van der Waals surface area contributed by atoms with Gasteiger partial charge in [0, 0.05) is 26.2 Å². The third-order valence-electron chi connectivity index (χ3n) is 4.73. The highest BCUT2D eigenvalue weighted by molar-refractivity contribution is 5.92. The van der Waals surface area contributed by atoms with E-state index in [0.717, 1.165) is 31.6 Å². The Hall–Kier alpha value is -1.83. The lowest BCUT2D eigenvalue weighted by molar-refractivity contribution is -0.182. The van der Waals surface area contributed by atoms with Gasteiger partial charge in [0.15, 0.2) is 0 Å². The molecule has 24 heavy (non-hydrogen) atoms. The van der Waals surface area contributed by atoms with Gasteiger partial charge in [0.05, 0.1) is 23.7 Å². The van der Waals surface area contributed by atoms with Gasteiger partial charge >= 0.3 is 6.18 Å². The maximum absolute atomic E-state index is 13.1. The van der Waals surface area contributed by atoms with Gasteiger partial charge in [-0.05, 0) is 32.0 Å². The molecule has 0 bridgehead atoms. The zero-order chi connectivity index (χ0) is 17.3. The van der Waals surface area contributed by atoms with Crippen LogP contribution in [0.1, 0.15) is 12.8 Å². The van der Waals surface area contributed by atoms with E-state index >= 15 is 0 Å². The Kier molecular flexibility index (Phi) is 4.67. The normalized spacial score (nSPS) is 25.2. The predicted octanol–water partition coefficient (Wildman–Crippen LogP) is 2.36. The molecule has 132 valence electrons. The molecule has 1 N–H and O–H groups in total. The summed E-state index contributed by atoms with van der Waals surface area (Å²) in [7, 11) is 1.59. The first-order valence-corrected chi connectivity index (χ1v) is 8.12. The van der Waals surface area contributed by atoms with Gasteiger partial charge in [0.25, 0.3) is 0 Å². The SMILES string of the molecule is CN1C[C@@H](C(F)(F)F)[C@H](C(=O)Nc2ccc(N3CCCC3)cn2)C1. The van der Waals surface area contributed by atoms with Crippen LogP contribution in [0.4, 0.5) is 24.7 Å². The smallest absolute Gasteiger partial charge is 0.370 e. The molecule has 2 atom stereocenters. The monoisotopic (exact) mass is 342 g/mol. The number of pyridine rings is 1. The van der Waals surface area contributed by atoms with Crippen molar-refractivity contribution in [3.8, 4) is 0 Å². The molecule has 0 aliphatic carbocycles. The summed E-state index contributed by atoms with van der Waals surface area (Å²) >= 11 is 0. The Morgan fingerprint density at radius 3 is 2.54 bits per heavy atom. The molecule has 1 aromatic heterocycles. The molecule has 0 unspecified atom stereocenters. The van der Waals surface area contributed by atoms with Gasteiger partial charge in [-0.3, -0.25) is 4.79 Å². The molecule has 0 aromatic carbocycles. The van der Waals surface area contributed by atoms with E-state index < -0.39 is 23.9 Å². The second-order valence-electron chi connectivity index (χ2n) is 6.56. The van der Waals surface area contributed by atoms with E-state index in [0.29, 0.717) is 5.82 Å². The summed E-state index contributed by atoms with van der Waals surface area (Å²) in [6.45, 7) is 1.91. The fraction of sp³-hybridized carbons (Fsp3) is 0.625. The number of nitrogens with zero attached hydrogens (tertiary/aromatic N) is 3. The van der Waals surface area contributed by atoms with Crippen LogP contribution in [0.3, 0.4) is 0 Å². The van der Waals surface area contributed by atoms with Crippen LogP contribution in [0.2, 0.25) is 0 Å². The second-order valence-corrected chi connectivity index (χ2v) is 6.56. The van der Waals surface area contributed by atoms with Crippen LogP contribution in [-0.4, -0.2) is 55.2 Å². The number of amides is 1. The van der Waals surface area contributed by atoms with Crippen molar-refractivity contribution in [2.24, 2.45) is 11.8 Å². The van der Waals surface area contributed by atoms with Crippen LogP contribution in [0, 0.1) is 11.8 Å². The van der Waals surface area contributed by atoms with E-state index in [2.05, 4.69) is 15.2 Å². The van der Waals surface area contributed by atoms with Gasteiger partial charge in [0.1, 0.15) is 5.82 Å². The first-order chi connectivity index (χ1) is 11.3. The van der Waals surface area contributed by atoms with Crippen molar-refractivity contribution in [2.75, 3.05) is 43.4 Å². The Labute approximate surface area is 138 Å². The Morgan fingerprint density at radius 2 is 1.96 bits per heavy atom. The van der Waals surface area contributed by atoms with E-state index in [-0.39, 0.29) is 13.1 Å². The maximum atomic E-state index is 13.1. The van der Waals surface area contributed by atoms with Crippen molar-refractivity contribution < 1.29 is 18.0 Å². The van der Waals surface area contributed by atoms with E-state index in [1.807, 2.05) is 6.07 Å². The summed E-state index contributed by atoms with van der Waals surface area (Å²) in [6, 6.07) is 3.49. The number of aromatic nitrogens is 1. The Bertz CT molecular complexity index is 584. The largest absolute Gasteiger partial charge is 0.393 e. The molecular weight excluding hydrogens is 321 g/mol. The highest BCUT2D eigenvalue weighted by Gasteiger charge is 2.51. The first kappa shape index (κ1) is 17.0. The first-order valence-electron chi connectivity index (χ1n) is 8.12. The van der Waals surface area contributed by atoms with Crippen LogP contribution >= 0.6 is 0 Å². The maximum Gasteiger partial charge on any atom is 0.393 e. The second kappa shape index (κ2) is 6.58. The quantitative estimate of drug-likeness (QED) is 0.916. The Morgan fingerprint density at radius 1 is 1.25 bits per heavy atom. The molecule has 2 fully saturated rings. The van der Waals surface area contributed by atoms with Crippen LogP contribution in [-0.2, 0) is 4.79 Å². The molecule has 2 saturated heterocycles. The van der Waals surface area contributed by atoms with Crippen LogP contribution in [0.5, 0.6) is 0 Å². The molecule has 0 radical (unpaired) electrons. The van der Waals surface area contributed by atoms with Gasteiger partial charge in [-0.1, -0.05) is 0 Å². The molecule has 0 saturated carbocycles. The molecular formula is C16H21F3N4O. The number of nitrogens with one attached hydrogen (secondary N) is 1. The van der Waals surface area contributed by atoms with E-state index in [4.69, 9.17) is 0 Å². The summed E-state index contributed by atoms with van der Waals surface area (Å²) in [5, 5.41) is 2.53. The number of halogens is 3. The lowest BCUT2D eigenvalue weighted by Gasteiger charge is -2.21. The van der Waals surface area contributed by atoms with Crippen molar-refractivity contribution in [3.05, 3.63) is 18.3 Å². The van der Waals surface area contributed by atoms with Crippen LogP contribution < -0.4 is 10.2 Å². The van der Waals surface area contributed by atoms with Gasteiger partial charge in [-0.25, -0.2) is 4.98 Å². The molecule has 0 spiro atoms. The number of carbonyl (C=O) groups excluding carboxylic acids is 1. The van der Waals surface area contributed by atoms with Crippen molar-refractivity contribution in [1.82, 2.24) is 9.88 Å². The predicted molar refractivity (Wildman–Crippen MR) is 84.8 cm³/mol. The molecule has 5 nitrogen and oxygen atoms in total. The van der Waals surface area contributed by atoms with E-state index in [1.54, 1.807) is 19.3 Å². The van der Waals surface area contributed by atoms with Crippen molar-refractivity contribution in [3.63, 3.8) is 0 Å². The third kappa shape index (κ3) is 3.63. The number of hydrogen-bond acceptors (Lipinski definition) is 4. The number of alkyl halides is 3. The number of carbonyl (C=O) groups is 1. The average molecular weight is 342 g/mol. The van der Waals surface area contributed by atoms with Gasteiger partial charge in [0.2, 0.25) is 5.91 Å². The number of anilines is 2. The Balaban J connectivity index is 1.65. The van der Waals surface area contributed by atoms with Gasteiger partial charge in [-0.2, -0.15) is 13.2 Å². The number of rotatable bonds is 3. The van der Waals surface area contributed by atoms with Crippen molar-refractivity contribution >= 4 is 17.4 Å². The zero-order valence-electron chi connectivity index (χ0n) is 13.5. The van der Waals surface area contributed by atoms with Crippen LogP contribution in [0.25, 0.3) is 0 Å². The summed E-state index contributed by atoms with van der Waals surface area (Å²) in [5.74, 6) is -3.07. The lowest BCUT2D eigenvalue weighted by atomic mass is 9.94. The standard InChI is InChI=1S/C16H21F3N4O/c1-22-9-12(13(10-22)16(17,18)19)15(24)21-14-5-4-11(8-20-14)23-6-2-3-7-23/h4-5,8,12-13H,2-3,6-7,9-10H2,1H3,(H,20,21,24)/t12-,13-/m1/s1. The highest BCUT2D eigenvalue weighted by atomic mass is 19.4. The van der Waals surface area contributed by atoms with Crippen molar-refractivity contribution in [1.29, 1.82) is 0 Å². The summed E-state index contributed by atoms with van der Waals surface area (Å²) in [4.78, 5) is 20.2. The average Bonchev–Trinajstić information content (AvgIpc) is 3.16. The molecule has 3 rings (SSSR count). The van der Waals surface area contributed by atoms with E-state index in [9.17, 15) is 18.0 Å². The molecule has 1 aromatic rings. The molecule has 3 heterocycles. The lowest BCUT2D eigenvalue weighted by Crippen LogP contribution is -2.36. The molecule has 2 aliphatic heterocycles. The fourth-order valence-electron chi connectivity index (χ4n) is 3.44. The number of likely N-dealkylation sites (tertiary alicyclic amines) is 1. The van der Waals surface area contributed by atoms with Crippen LogP contribution in [0.15, 0.2) is 18.3 Å². The zero-order valence-corrected chi connectivity index (χ0v) is 13.5. The summed E-state index contributed by atoms with van der Waals surface area (Å²) in [5.41, 5.74) is 0.972. The molecule has 1 amide bonds. The topological polar surface area (TPSA) is 48.5 Å². The number of hydrogen-bond donors (Lipinski definition) is 1. The molecule has 8 heteroatoms. The minimum absolute atomic E-state index is 0.0991. The third-order valence-corrected chi connectivity index (χ3v) is 4.73. The summed E-state index contributed by atoms with van der Waals surface area (Å²) < 4.78 is 39.2. The molecule has 2 aliphatic rings. The highest BCUT2D eigenvalue weighted by Crippen LogP contribution is 2.37. The fourth-order valence-corrected chi connectivity index (χ4v) is 3.44. The summed E-state index contributed by atoms with van der Waals surface area (Å²) in [6.07, 6.45) is -0.429. The van der Waals surface area contributed by atoms with E-state index in [1.165, 1.54) is 4.90 Å². The minimum Gasteiger partial charge on any atom is -0.370 e. The van der Waals surface area contributed by atoms with Gasteiger partial charge < -0.3 is 15.1 Å². The van der Waals surface area contributed by atoms with Crippen molar-refractivity contribution in [2.45, 2.75) is 19.0 Å². The minimum atomic E-state index is -4.38.